The van der Waals surface area contributed by atoms with E-state index in [0.29, 0.717) is 6.04 Å². The fraction of sp³-hybridized carbons (Fsp3) is 0.786. The zero-order valence-electron chi connectivity index (χ0n) is 11.7. The van der Waals surface area contributed by atoms with Crippen molar-refractivity contribution < 1.29 is 4.74 Å². The van der Waals surface area contributed by atoms with E-state index in [1.807, 2.05) is 0 Å². The molecule has 2 heterocycles. The molecule has 1 aromatic rings. The maximum absolute atomic E-state index is 5.73. The van der Waals surface area contributed by atoms with E-state index in [1.165, 1.54) is 18.5 Å². The number of aromatic nitrogens is 1. The Morgan fingerprint density at radius 3 is 2.94 bits per heavy atom. The first-order valence-electron chi connectivity index (χ1n) is 6.82. The van der Waals surface area contributed by atoms with Crippen LogP contribution >= 0.6 is 11.3 Å². The molecule has 0 radical (unpaired) electrons. The summed E-state index contributed by atoms with van der Waals surface area (Å²) >= 11 is 1.74. The van der Waals surface area contributed by atoms with Crippen molar-refractivity contribution in [2.45, 2.75) is 46.1 Å². The van der Waals surface area contributed by atoms with Gasteiger partial charge >= 0.3 is 0 Å². The first-order chi connectivity index (χ1) is 8.60. The lowest BCUT2D eigenvalue weighted by Gasteiger charge is -2.37. The number of ether oxygens (including phenoxy) is 1. The molecule has 1 aliphatic heterocycles. The highest BCUT2D eigenvalue weighted by Crippen LogP contribution is 2.32. The largest absolute Gasteiger partial charge is 0.381 e. The second kappa shape index (κ2) is 6.13. The molecule has 1 fully saturated rings. The van der Waals surface area contributed by atoms with Crippen molar-refractivity contribution in [3.63, 3.8) is 0 Å². The molecule has 1 saturated heterocycles. The van der Waals surface area contributed by atoms with Gasteiger partial charge in [-0.05, 0) is 26.2 Å². The number of aryl methyl sites for hydroxylation is 1. The van der Waals surface area contributed by atoms with E-state index in [1.54, 1.807) is 11.3 Å². The summed E-state index contributed by atoms with van der Waals surface area (Å²) < 4.78 is 5.73. The van der Waals surface area contributed by atoms with Crippen LogP contribution in [0.2, 0.25) is 0 Å². The number of thiazole rings is 1. The minimum Gasteiger partial charge on any atom is -0.381 e. The molecular formula is C14H24N2OS. The Bertz CT molecular complexity index is 370. The van der Waals surface area contributed by atoms with Gasteiger partial charge in [0.25, 0.3) is 0 Å². The minimum atomic E-state index is 0.239. The molecule has 1 unspecified atom stereocenters. The lowest BCUT2D eigenvalue weighted by Crippen LogP contribution is -2.44. The van der Waals surface area contributed by atoms with Crippen molar-refractivity contribution in [2.75, 3.05) is 19.8 Å². The molecule has 1 aliphatic rings. The van der Waals surface area contributed by atoms with E-state index in [4.69, 9.17) is 4.74 Å². The summed E-state index contributed by atoms with van der Waals surface area (Å²) in [6.07, 6.45) is 3.45. The Morgan fingerprint density at radius 1 is 1.56 bits per heavy atom. The van der Waals surface area contributed by atoms with Crippen LogP contribution in [0.15, 0.2) is 5.38 Å². The zero-order valence-corrected chi connectivity index (χ0v) is 12.5. The van der Waals surface area contributed by atoms with Gasteiger partial charge in [-0.25, -0.2) is 4.98 Å². The Balaban J connectivity index is 2.03. The number of hydrogen-bond donors (Lipinski definition) is 1. The van der Waals surface area contributed by atoms with Crippen LogP contribution in [0.1, 0.15) is 37.4 Å². The third-order valence-corrected chi connectivity index (χ3v) is 4.33. The first kappa shape index (κ1) is 14.0. The molecule has 4 heteroatoms. The number of hydrogen-bond acceptors (Lipinski definition) is 4. The molecule has 0 amide bonds. The molecule has 1 aromatic heterocycles. The monoisotopic (exact) mass is 268 g/mol. The van der Waals surface area contributed by atoms with Crippen molar-refractivity contribution in [3.05, 3.63) is 16.1 Å². The molecule has 3 nitrogen and oxygen atoms in total. The topological polar surface area (TPSA) is 34.2 Å². The second-order valence-corrected chi connectivity index (χ2v) is 6.79. The summed E-state index contributed by atoms with van der Waals surface area (Å²) in [5.74, 6) is 0. The van der Waals surface area contributed by atoms with Gasteiger partial charge in [0, 0.05) is 30.0 Å². The maximum atomic E-state index is 5.73. The SMILES string of the molecule is Cc1nc(CC2(CNC(C)C)CCCOC2)cs1. The van der Waals surface area contributed by atoms with Gasteiger partial charge in [0.2, 0.25) is 0 Å². The van der Waals surface area contributed by atoms with Crippen molar-refractivity contribution in [3.8, 4) is 0 Å². The normalized spacial score (nSPS) is 24.7. The fourth-order valence-corrected chi connectivity index (χ4v) is 3.16. The van der Waals surface area contributed by atoms with Gasteiger partial charge < -0.3 is 10.1 Å². The summed E-state index contributed by atoms with van der Waals surface area (Å²) in [4.78, 5) is 4.61. The molecule has 1 atom stereocenters. The summed E-state index contributed by atoms with van der Waals surface area (Å²) in [6, 6.07) is 0.529. The second-order valence-electron chi connectivity index (χ2n) is 5.73. The molecule has 18 heavy (non-hydrogen) atoms. The fourth-order valence-electron chi connectivity index (χ4n) is 2.55. The number of rotatable bonds is 5. The quantitative estimate of drug-likeness (QED) is 0.891. The smallest absolute Gasteiger partial charge is 0.0897 e. The van der Waals surface area contributed by atoms with E-state index in [2.05, 4.69) is 36.5 Å². The number of nitrogens with one attached hydrogen (secondary N) is 1. The molecular weight excluding hydrogens is 244 g/mol. The summed E-state index contributed by atoms with van der Waals surface area (Å²) in [7, 11) is 0. The average molecular weight is 268 g/mol. The predicted molar refractivity (Wildman–Crippen MR) is 76.2 cm³/mol. The van der Waals surface area contributed by atoms with Gasteiger partial charge in [-0.2, -0.15) is 0 Å². The highest BCUT2D eigenvalue weighted by molar-refractivity contribution is 7.09. The van der Waals surface area contributed by atoms with E-state index in [-0.39, 0.29) is 5.41 Å². The summed E-state index contributed by atoms with van der Waals surface area (Å²) in [6.45, 7) is 9.28. The van der Waals surface area contributed by atoms with Gasteiger partial charge in [0.05, 0.1) is 17.3 Å². The molecule has 0 saturated carbocycles. The third kappa shape index (κ3) is 3.77. The minimum absolute atomic E-state index is 0.239. The van der Waals surface area contributed by atoms with Gasteiger partial charge in [-0.1, -0.05) is 13.8 Å². The van der Waals surface area contributed by atoms with Crippen LogP contribution < -0.4 is 5.32 Å². The van der Waals surface area contributed by atoms with E-state index in [0.717, 1.165) is 31.2 Å². The summed E-state index contributed by atoms with van der Waals surface area (Å²) in [5.41, 5.74) is 1.47. The van der Waals surface area contributed by atoms with Crippen LogP contribution in [0.5, 0.6) is 0 Å². The standard InChI is InChI=1S/C14H24N2OS/c1-11(2)15-9-14(5-4-6-17-10-14)7-13-8-18-12(3)16-13/h8,11,15H,4-7,9-10H2,1-3H3. The van der Waals surface area contributed by atoms with Crippen molar-refractivity contribution >= 4 is 11.3 Å². The van der Waals surface area contributed by atoms with Gasteiger partial charge in [-0.15, -0.1) is 11.3 Å². The Morgan fingerprint density at radius 2 is 2.39 bits per heavy atom. The highest BCUT2D eigenvalue weighted by atomic mass is 32.1. The Labute approximate surface area is 114 Å². The van der Waals surface area contributed by atoms with Gasteiger partial charge in [0.1, 0.15) is 0 Å². The van der Waals surface area contributed by atoms with E-state index in [9.17, 15) is 0 Å². The van der Waals surface area contributed by atoms with Crippen LogP contribution in [0.3, 0.4) is 0 Å². The van der Waals surface area contributed by atoms with Crippen LogP contribution in [0.4, 0.5) is 0 Å². The van der Waals surface area contributed by atoms with Crippen LogP contribution in [0, 0.1) is 12.3 Å². The Kier molecular flexibility index (Phi) is 4.76. The molecule has 2 rings (SSSR count). The van der Waals surface area contributed by atoms with E-state index < -0.39 is 0 Å². The number of nitrogens with zero attached hydrogens (tertiary/aromatic N) is 1. The predicted octanol–water partition coefficient (Wildman–Crippen LogP) is 2.79. The van der Waals surface area contributed by atoms with Gasteiger partial charge in [0.15, 0.2) is 0 Å². The molecule has 102 valence electrons. The van der Waals surface area contributed by atoms with Crippen molar-refractivity contribution in [1.29, 1.82) is 0 Å². The van der Waals surface area contributed by atoms with Crippen LogP contribution in [-0.2, 0) is 11.2 Å². The summed E-state index contributed by atoms with van der Waals surface area (Å²) in [5, 5.41) is 6.94. The van der Waals surface area contributed by atoms with Crippen LogP contribution in [0.25, 0.3) is 0 Å². The molecule has 0 aromatic carbocycles. The molecule has 1 N–H and O–H groups in total. The van der Waals surface area contributed by atoms with Gasteiger partial charge in [-0.3, -0.25) is 0 Å². The Hall–Kier alpha value is -0.450. The molecule has 0 aliphatic carbocycles. The highest BCUT2D eigenvalue weighted by Gasteiger charge is 2.33. The zero-order chi connectivity index (χ0) is 13.0. The lowest BCUT2D eigenvalue weighted by atomic mass is 9.78. The lowest BCUT2D eigenvalue weighted by molar-refractivity contribution is -0.00844. The van der Waals surface area contributed by atoms with Crippen molar-refractivity contribution in [2.24, 2.45) is 5.41 Å². The van der Waals surface area contributed by atoms with Crippen molar-refractivity contribution in [1.82, 2.24) is 10.3 Å². The third-order valence-electron chi connectivity index (χ3n) is 3.51. The first-order valence-corrected chi connectivity index (χ1v) is 7.70. The maximum Gasteiger partial charge on any atom is 0.0897 e. The molecule has 0 spiro atoms. The van der Waals surface area contributed by atoms with Crippen LogP contribution in [-0.4, -0.2) is 30.8 Å². The van der Waals surface area contributed by atoms with E-state index >= 15 is 0 Å². The molecule has 0 bridgehead atoms. The average Bonchev–Trinajstić information content (AvgIpc) is 2.73.